The van der Waals surface area contributed by atoms with E-state index in [9.17, 15) is 5.11 Å². The monoisotopic (exact) mass is 415 g/mol. The van der Waals surface area contributed by atoms with Gasteiger partial charge in [0.15, 0.2) is 5.82 Å². The zero-order valence-electron chi connectivity index (χ0n) is 17.3. The summed E-state index contributed by atoms with van der Waals surface area (Å²) in [6.45, 7) is 11.9. The molecular weight excluding hydrogens is 386 g/mol. The molecule has 4 rings (SSSR count). The van der Waals surface area contributed by atoms with Crippen molar-refractivity contribution in [3.63, 3.8) is 0 Å². The summed E-state index contributed by atoms with van der Waals surface area (Å²) in [5, 5.41) is 15.5. The molecule has 0 saturated carbocycles. The van der Waals surface area contributed by atoms with Crippen LogP contribution in [0.5, 0.6) is 11.6 Å². The van der Waals surface area contributed by atoms with E-state index in [-0.39, 0.29) is 11.9 Å². The van der Waals surface area contributed by atoms with Gasteiger partial charge >= 0.3 is 0 Å². The van der Waals surface area contributed by atoms with Crippen molar-refractivity contribution in [3.8, 4) is 11.6 Å². The van der Waals surface area contributed by atoms with Crippen molar-refractivity contribution in [1.82, 2.24) is 24.4 Å². The van der Waals surface area contributed by atoms with Crippen molar-refractivity contribution in [2.24, 2.45) is 0 Å². The van der Waals surface area contributed by atoms with Gasteiger partial charge in [-0.05, 0) is 31.2 Å². The summed E-state index contributed by atoms with van der Waals surface area (Å²) >= 11 is 1.53. The predicted molar refractivity (Wildman–Crippen MR) is 115 cm³/mol. The molecule has 2 aromatic heterocycles. The zero-order valence-corrected chi connectivity index (χ0v) is 18.2. The summed E-state index contributed by atoms with van der Waals surface area (Å²) in [6, 6.07) is 8.21. The van der Waals surface area contributed by atoms with Crippen molar-refractivity contribution >= 4 is 16.3 Å². The minimum Gasteiger partial charge on any atom is -0.494 e. The number of benzene rings is 1. The summed E-state index contributed by atoms with van der Waals surface area (Å²) in [5.74, 6) is 1.83. The highest BCUT2D eigenvalue weighted by Gasteiger charge is 2.31. The number of ether oxygens (including phenoxy) is 1. The zero-order chi connectivity index (χ0) is 20.4. The van der Waals surface area contributed by atoms with Crippen LogP contribution in [-0.4, -0.2) is 68.8 Å². The number of thiazole rings is 1. The Balaban J connectivity index is 1.72. The molecule has 8 heteroatoms. The van der Waals surface area contributed by atoms with Gasteiger partial charge in [0.05, 0.1) is 17.5 Å². The number of piperazine rings is 1. The summed E-state index contributed by atoms with van der Waals surface area (Å²) in [4.78, 5) is 11.1. The lowest BCUT2D eigenvalue weighted by Crippen LogP contribution is -2.47. The molecule has 1 aliphatic rings. The maximum absolute atomic E-state index is 11.0. The van der Waals surface area contributed by atoms with Crippen LogP contribution in [0.25, 0.3) is 4.96 Å². The number of aromatic hydroxyl groups is 1. The van der Waals surface area contributed by atoms with Gasteiger partial charge in [0.2, 0.25) is 10.8 Å². The Kier molecular flexibility index (Phi) is 6.03. The van der Waals surface area contributed by atoms with Crippen molar-refractivity contribution in [2.45, 2.75) is 33.2 Å². The minimum absolute atomic E-state index is 0.0248. The van der Waals surface area contributed by atoms with E-state index in [0.717, 1.165) is 66.1 Å². The maximum Gasteiger partial charge on any atom is 0.230 e. The summed E-state index contributed by atoms with van der Waals surface area (Å²) in [7, 11) is 0. The molecule has 3 aromatic rings. The highest BCUT2D eigenvalue weighted by molar-refractivity contribution is 7.17. The van der Waals surface area contributed by atoms with E-state index >= 15 is 0 Å². The van der Waals surface area contributed by atoms with Crippen LogP contribution in [0.15, 0.2) is 24.3 Å². The van der Waals surface area contributed by atoms with Gasteiger partial charge in [-0.15, -0.1) is 5.10 Å². The van der Waals surface area contributed by atoms with Crippen LogP contribution in [0.1, 0.15) is 43.1 Å². The van der Waals surface area contributed by atoms with Crippen LogP contribution in [-0.2, 0) is 6.42 Å². The molecule has 0 bridgehead atoms. The van der Waals surface area contributed by atoms with E-state index in [1.165, 1.54) is 11.3 Å². The average Bonchev–Trinajstić information content (AvgIpc) is 3.29. The van der Waals surface area contributed by atoms with E-state index in [1.54, 1.807) is 4.52 Å². The predicted octanol–water partition coefficient (Wildman–Crippen LogP) is 3.18. The van der Waals surface area contributed by atoms with Gasteiger partial charge in [-0.1, -0.05) is 37.3 Å². The molecule has 1 fully saturated rings. The molecule has 0 aliphatic carbocycles. The van der Waals surface area contributed by atoms with E-state index in [4.69, 9.17) is 4.74 Å². The Morgan fingerprint density at radius 1 is 1.10 bits per heavy atom. The number of hydrogen-bond acceptors (Lipinski definition) is 7. The van der Waals surface area contributed by atoms with Crippen LogP contribution in [0.2, 0.25) is 0 Å². The Hall–Kier alpha value is -2.16. The Bertz CT molecular complexity index is 944. The largest absolute Gasteiger partial charge is 0.494 e. The third-order valence-electron chi connectivity index (χ3n) is 5.53. The van der Waals surface area contributed by atoms with Crippen LogP contribution < -0.4 is 4.74 Å². The van der Waals surface area contributed by atoms with E-state index < -0.39 is 0 Å². The Morgan fingerprint density at radius 2 is 1.83 bits per heavy atom. The lowest BCUT2D eigenvalue weighted by Gasteiger charge is -2.38. The summed E-state index contributed by atoms with van der Waals surface area (Å²) in [5.41, 5.74) is 1.15. The Morgan fingerprint density at radius 3 is 2.41 bits per heavy atom. The third-order valence-corrected chi connectivity index (χ3v) is 6.61. The first-order chi connectivity index (χ1) is 14.1. The fourth-order valence-electron chi connectivity index (χ4n) is 3.90. The lowest BCUT2D eigenvalue weighted by atomic mass is 10.0. The number of rotatable bonds is 7. The van der Waals surface area contributed by atoms with Gasteiger partial charge in [-0.25, -0.2) is 4.98 Å². The van der Waals surface area contributed by atoms with Gasteiger partial charge in [0, 0.05) is 32.6 Å². The number of likely N-dealkylation sites (N-methyl/N-ethyl adjacent to an activating group) is 1. The number of fused-ring (bicyclic) bond motifs is 1. The van der Waals surface area contributed by atoms with Crippen molar-refractivity contribution in [3.05, 3.63) is 40.5 Å². The lowest BCUT2D eigenvalue weighted by molar-refractivity contribution is 0.113. The van der Waals surface area contributed by atoms with Gasteiger partial charge in [0.25, 0.3) is 0 Å². The minimum atomic E-state index is -0.0248. The van der Waals surface area contributed by atoms with Crippen LogP contribution in [0.3, 0.4) is 0 Å². The summed E-state index contributed by atoms with van der Waals surface area (Å²) < 4.78 is 7.20. The second-order valence-electron chi connectivity index (χ2n) is 7.24. The van der Waals surface area contributed by atoms with Crippen molar-refractivity contribution < 1.29 is 9.84 Å². The standard InChI is InChI=1S/C21H29N5O2S/c1-4-17-22-21-26(23-17)20(27)19(29-21)18(25-13-11-24(5-2)12-14-25)15-7-9-16(10-8-15)28-6-3/h7-10,18,27H,4-6,11-14H2,1-3H3/t18-/m0/s1. The molecule has 0 radical (unpaired) electrons. The molecule has 1 aliphatic heterocycles. The molecule has 0 unspecified atom stereocenters. The molecule has 0 amide bonds. The normalized spacial score (nSPS) is 17.1. The van der Waals surface area contributed by atoms with Crippen molar-refractivity contribution in [1.29, 1.82) is 0 Å². The highest BCUT2D eigenvalue weighted by Crippen LogP contribution is 2.40. The molecule has 3 heterocycles. The van der Waals surface area contributed by atoms with Gasteiger partial charge in [-0.3, -0.25) is 4.90 Å². The fourth-order valence-corrected chi connectivity index (χ4v) is 5.03. The Labute approximate surface area is 175 Å². The second-order valence-corrected chi connectivity index (χ2v) is 8.25. The molecule has 1 atom stereocenters. The molecule has 156 valence electrons. The topological polar surface area (TPSA) is 66.1 Å². The first kappa shape index (κ1) is 20.1. The number of aryl methyl sites for hydroxylation is 1. The van der Waals surface area contributed by atoms with E-state index in [0.29, 0.717) is 6.61 Å². The van der Waals surface area contributed by atoms with E-state index in [1.807, 2.05) is 26.0 Å². The highest BCUT2D eigenvalue weighted by atomic mass is 32.1. The van der Waals surface area contributed by atoms with E-state index in [2.05, 4.69) is 38.9 Å². The first-order valence-electron chi connectivity index (χ1n) is 10.4. The molecule has 0 spiro atoms. The van der Waals surface area contributed by atoms with Crippen LogP contribution >= 0.6 is 11.3 Å². The number of nitrogens with zero attached hydrogens (tertiary/aromatic N) is 5. The van der Waals surface area contributed by atoms with Crippen LogP contribution in [0, 0.1) is 0 Å². The van der Waals surface area contributed by atoms with Gasteiger partial charge in [-0.2, -0.15) is 4.52 Å². The van der Waals surface area contributed by atoms with Crippen molar-refractivity contribution in [2.75, 3.05) is 39.3 Å². The SMILES string of the molecule is CCOc1ccc([C@@H](c2sc3nc(CC)nn3c2O)N2CCN(CC)CC2)cc1. The third kappa shape index (κ3) is 3.97. The fraction of sp³-hybridized carbons (Fsp3) is 0.524. The maximum atomic E-state index is 11.0. The molecule has 7 nitrogen and oxygen atoms in total. The molecule has 29 heavy (non-hydrogen) atoms. The van der Waals surface area contributed by atoms with Gasteiger partial charge < -0.3 is 14.7 Å². The first-order valence-corrected chi connectivity index (χ1v) is 11.2. The smallest absolute Gasteiger partial charge is 0.230 e. The molecular formula is C21H29N5O2S. The summed E-state index contributed by atoms with van der Waals surface area (Å²) in [6.07, 6.45) is 0.754. The molecule has 1 saturated heterocycles. The second kappa shape index (κ2) is 8.69. The number of hydrogen-bond donors (Lipinski definition) is 1. The molecule has 1 N–H and O–H groups in total. The van der Waals surface area contributed by atoms with Gasteiger partial charge in [0.1, 0.15) is 5.75 Å². The number of aromatic nitrogens is 3. The molecule has 1 aromatic carbocycles. The van der Waals surface area contributed by atoms with Crippen LogP contribution in [0.4, 0.5) is 0 Å². The quantitative estimate of drug-likeness (QED) is 0.639. The average molecular weight is 416 g/mol.